The molecule has 0 radical (unpaired) electrons. The fraction of sp³-hybridized carbons (Fsp3) is 0.286. The van der Waals surface area contributed by atoms with Crippen LogP contribution in [0.15, 0.2) is 69.7 Å². The largest absolute Gasteiger partial charge is 0.311 e. The zero-order valence-corrected chi connectivity index (χ0v) is 16.8. The maximum atomic E-state index is 13.1. The van der Waals surface area contributed by atoms with Crippen LogP contribution in [0.2, 0.25) is 0 Å². The average molecular weight is 413 g/mol. The van der Waals surface area contributed by atoms with Crippen molar-refractivity contribution in [1.29, 1.82) is 0 Å². The monoisotopic (exact) mass is 412 g/mol. The number of benzene rings is 1. The lowest BCUT2D eigenvalue weighted by atomic mass is 9.84. The Morgan fingerprint density at radius 3 is 2.50 bits per heavy atom. The van der Waals surface area contributed by atoms with Crippen LogP contribution >= 0.6 is 11.3 Å². The summed E-state index contributed by atoms with van der Waals surface area (Å²) >= 11 is 1.56. The van der Waals surface area contributed by atoms with Gasteiger partial charge >= 0.3 is 0 Å². The highest BCUT2D eigenvalue weighted by Gasteiger charge is 2.39. The van der Waals surface area contributed by atoms with Crippen LogP contribution in [0.5, 0.6) is 0 Å². The summed E-state index contributed by atoms with van der Waals surface area (Å²) in [6.07, 6.45) is 0.929. The molecule has 28 heavy (non-hydrogen) atoms. The van der Waals surface area contributed by atoms with Gasteiger partial charge in [0.25, 0.3) is 5.56 Å². The zero-order chi connectivity index (χ0) is 19.3. The molecule has 3 aromatic rings. The van der Waals surface area contributed by atoms with Crippen LogP contribution in [0, 0.1) is 5.92 Å². The third-order valence-corrected chi connectivity index (χ3v) is 8.49. The molecular formula is C21H20N2O3S2. The highest BCUT2D eigenvalue weighted by molar-refractivity contribution is 7.89. The van der Waals surface area contributed by atoms with Gasteiger partial charge in [-0.2, -0.15) is 4.31 Å². The van der Waals surface area contributed by atoms with Crippen LogP contribution in [0.25, 0.3) is 10.4 Å². The predicted molar refractivity (Wildman–Crippen MR) is 110 cm³/mol. The summed E-state index contributed by atoms with van der Waals surface area (Å²) in [7, 11) is -3.51. The van der Waals surface area contributed by atoms with Gasteiger partial charge in [-0.1, -0.05) is 24.3 Å². The lowest BCUT2D eigenvalue weighted by Gasteiger charge is -2.42. The molecule has 0 N–H and O–H groups in total. The van der Waals surface area contributed by atoms with E-state index in [-0.39, 0.29) is 17.4 Å². The fourth-order valence-corrected chi connectivity index (χ4v) is 6.78. The molecule has 2 aliphatic rings. The molecule has 0 spiro atoms. The second-order valence-corrected chi connectivity index (χ2v) is 10.4. The Balaban J connectivity index is 1.51. The number of fused-ring (bicyclic) bond motifs is 4. The molecule has 5 nitrogen and oxygen atoms in total. The molecule has 2 aromatic heterocycles. The summed E-state index contributed by atoms with van der Waals surface area (Å²) in [5.41, 5.74) is 1.72. The number of thiophene rings is 1. The van der Waals surface area contributed by atoms with E-state index in [0.717, 1.165) is 22.6 Å². The van der Waals surface area contributed by atoms with Gasteiger partial charge in [0.1, 0.15) is 0 Å². The molecule has 0 aliphatic carbocycles. The van der Waals surface area contributed by atoms with Gasteiger partial charge in [0.05, 0.1) is 10.5 Å². The van der Waals surface area contributed by atoms with E-state index in [1.807, 2.05) is 40.3 Å². The Hall–Kier alpha value is -2.22. The normalized spacial score (nSPS) is 22.0. The lowest BCUT2D eigenvalue weighted by molar-refractivity contribution is 0.186. The zero-order valence-electron chi connectivity index (χ0n) is 15.2. The molecule has 2 bridgehead atoms. The number of nitrogens with zero attached hydrogens (tertiary/aromatic N) is 2. The topological polar surface area (TPSA) is 59.4 Å². The van der Waals surface area contributed by atoms with Crippen LogP contribution in [-0.2, 0) is 16.6 Å². The molecule has 0 unspecified atom stereocenters. The SMILES string of the molecule is O=c1c(-c2cccs2)ccc2n1C[C@H]1C[C@@H]2CN(S(=O)(=O)c2ccccc2)C1. The molecule has 2 aliphatic heterocycles. The summed E-state index contributed by atoms with van der Waals surface area (Å²) in [6.45, 7) is 1.46. The molecule has 4 heterocycles. The second-order valence-electron chi connectivity index (χ2n) is 7.50. The van der Waals surface area contributed by atoms with Gasteiger partial charge in [0.2, 0.25) is 10.0 Å². The maximum Gasteiger partial charge on any atom is 0.259 e. The van der Waals surface area contributed by atoms with E-state index in [1.54, 1.807) is 39.9 Å². The van der Waals surface area contributed by atoms with E-state index in [9.17, 15) is 13.2 Å². The van der Waals surface area contributed by atoms with Crippen molar-refractivity contribution in [2.45, 2.75) is 23.8 Å². The van der Waals surface area contributed by atoms with Crippen molar-refractivity contribution in [2.75, 3.05) is 13.1 Å². The van der Waals surface area contributed by atoms with Gasteiger partial charge < -0.3 is 4.57 Å². The Bertz CT molecular complexity index is 1170. The third kappa shape index (κ3) is 2.85. The van der Waals surface area contributed by atoms with Crippen molar-refractivity contribution in [3.05, 3.63) is 76.0 Å². The average Bonchev–Trinajstić information content (AvgIpc) is 3.24. The number of sulfonamides is 1. The van der Waals surface area contributed by atoms with Gasteiger partial charge in [-0.05, 0) is 48.1 Å². The van der Waals surface area contributed by atoms with E-state index in [1.165, 1.54) is 0 Å². The molecule has 144 valence electrons. The summed E-state index contributed by atoms with van der Waals surface area (Å²) < 4.78 is 29.6. The first kappa shape index (κ1) is 17.8. The molecule has 1 saturated heterocycles. The predicted octanol–water partition coefficient (Wildman–Crippen LogP) is 3.38. The van der Waals surface area contributed by atoms with Gasteiger partial charge in [0, 0.05) is 36.1 Å². The van der Waals surface area contributed by atoms with Gasteiger partial charge in [0.15, 0.2) is 0 Å². The number of aromatic nitrogens is 1. The summed E-state index contributed by atoms with van der Waals surface area (Å²) in [5.74, 6) is 0.206. The van der Waals surface area contributed by atoms with Crippen molar-refractivity contribution < 1.29 is 8.42 Å². The van der Waals surface area contributed by atoms with Crippen LogP contribution in [0.3, 0.4) is 0 Å². The molecule has 5 rings (SSSR count). The van der Waals surface area contributed by atoms with E-state index < -0.39 is 10.0 Å². The molecule has 0 saturated carbocycles. The number of hydrogen-bond donors (Lipinski definition) is 0. The molecule has 1 aromatic carbocycles. The lowest BCUT2D eigenvalue weighted by Crippen LogP contribution is -2.49. The number of piperidine rings is 1. The van der Waals surface area contributed by atoms with Crippen LogP contribution in [0.1, 0.15) is 18.0 Å². The Morgan fingerprint density at radius 2 is 1.75 bits per heavy atom. The molecule has 0 amide bonds. The van der Waals surface area contributed by atoms with E-state index in [0.29, 0.717) is 24.5 Å². The molecule has 1 fully saturated rings. The maximum absolute atomic E-state index is 13.1. The van der Waals surface area contributed by atoms with Crippen molar-refractivity contribution >= 4 is 21.4 Å². The molecular weight excluding hydrogens is 392 g/mol. The molecule has 2 atom stereocenters. The summed E-state index contributed by atoms with van der Waals surface area (Å²) in [6, 6.07) is 16.4. The first-order valence-electron chi connectivity index (χ1n) is 9.37. The number of pyridine rings is 1. The van der Waals surface area contributed by atoms with Crippen molar-refractivity contribution in [3.8, 4) is 10.4 Å². The van der Waals surface area contributed by atoms with E-state index >= 15 is 0 Å². The Labute approximate surface area is 167 Å². The summed E-state index contributed by atoms with van der Waals surface area (Å²) in [5, 5.41) is 1.97. The number of rotatable bonds is 3. The van der Waals surface area contributed by atoms with Crippen molar-refractivity contribution in [2.24, 2.45) is 5.92 Å². The Kier molecular flexibility index (Phi) is 4.26. The van der Waals surface area contributed by atoms with Crippen molar-refractivity contribution in [3.63, 3.8) is 0 Å². The molecule has 7 heteroatoms. The van der Waals surface area contributed by atoms with Crippen molar-refractivity contribution in [1.82, 2.24) is 8.87 Å². The third-order valence-electron chi connectivity index (χ3n) is 5.74. The van der Waals surface area contributed by atoms with E-state index in [2.05, 4.69) is 0 Å². The van der Waals surface area contributed by atoms with Gasteiger partial charge in [-0.25, -0.2) is 8.42 Å². The quantitative estimate of drug-likeness (QED) is 0.663. The minimum absolute atomic E-state index is 0.0361. The summed E-state index contributed by atoms with van der Waals surface area (Å²) in [4.78, 5) is 14.4. The highest BCUT2D eigenvalue weighted by atomic mass is 32.2. The number of hydrogen-bond acceptors (Lipinski definition) is 4. The van der Waals surface area contributed by atoms with Gasteiger partial charge in [-0.15, -0.1) is 11.3 Å². The second kappa shape index (κ2) is 6.69. The van der Waals surface area contributed by atoms with E-state index in [4.69, 9.17) is 0 Å². The van der Waals surface area contributed by atoms with Crippen LogP contribution in [-0.4, -0.2) is 30.4 Å². The minimum Gasteiger partial charge on any atom is -0.311 e. The smallest absolute Gasteiger partial charge is 0.259 e. The van der Waals surface area contributed by atoms with Crippen LogP contribution in [0.4, 0.5) is 0 Å². The van der Waals surface area contributed by atoms with Gasteiger partial charge in [-0.3, -0.25) is 4.79 Å². The highest BCUT2D eigenvalue weighted by Crippen LogP contribution is 2.38. The Morgan fingerprint density at radius 1 is 0.929 bits per heavy atom. The van der Waals surface area contributed by atoms with Crippen LogP contribution < -0.4 is 5.56 Å². The first-order valence-corrected chi connectivity index (χ1v) is 11.7. The first-order chi connectivity index (χ1) is 13.5. The fourth-order valence-electron chi connectivity index (χ4n) is 4.46. The minimum atomic E-state index is -3.51. The standard InChI is InChI=1S/C21H20N2O3S2/c24-21-18(20-7-4-10-27-20)8-9-19-16-11-15(13-23(19)21)12-22(14-16)28(25,26)17-5-2-1-3-6-17/h1-10,15-16H,11-14H2/t15-,16+/m0/s1.